The number of carbonyl (C=O) groups is 1. The van der Waals surface area contributed by atoms with E-state index in [2.05, 4.69) is 4.72 Å². The van der Waals surface area contributed by atoms with Gasteiger partial charge in [0, 0.05) is 6.08 Å². The Morgan fingerprint density at radius 1 is 0.889 bits per heavy atom. The number of nitrogens with one attached hydrogen (secondary N) is 1. The summed E-state index contributed by atoms with van der Waals surface area (Å²) < 4.78 is 27.3. The fourth-order valence-corrected chi connectivity index (χ4v) is 3.63. The topological polar surface area (TPSA) is 63.2 Å². The van der Waals surface area contributed by atoms with Gasteiger partial charge in [-0.15, -0.1) is 0 Å². The van der Waals surface area contributed by atoms with Crippen molar-refractivity contribution >= 4 is 22.0 Å². The largest absolute Gasteiger partial charge is 0.269 e. The van der Waals surface area contributed by atoms with Crippen LogP contribution in [0.25, 0.3) is 17.2 Å². The second-order valence-electron chi connectivity index (χ2n) is 6.06. The summed E-state index contributed by atoms with van der Waals surface area (Å²) in [6.07, 6.45) is 2.77. The Morgan fingerprint density at radius 3 is 2.19 bits per heavy atom. The van der Waals surface area contributed by atoms with Crippen molar-refractivity contribution in [2.45, 2.75) is 11.8 Å². The lowest BCUT2D eigenvalue weighted by Gasteiger charge is -2.10. The molecule has 0 saturated heterocycles. The fraction of sp³-hybridized carbons (Fsp3) is 0.0455. The van der Waals surface area contributed by atoms with Crippen LogP contribution in [0.5, 0.6) is 0 Å². The number of sulfonamides is 1. The number of benzene rings is 3. The van der Waals surface area contributed by atoms with Crippen LogP contribution >= 0.6 is 0 Å². The van der Waals surface area contributed by atoms with Crippen molar-refractivity contribution in [3.63, 3.8) is 0 Å². The van der Waals surface area contributed by atoms with E-state index in [1.165, 1.54) is 12.1 Å². The van der Waals surface area contributed by atoms with Gasteiger partial charge in [0.25, 0.3) is 15.9 Å². The van der Waals surface area contributed by atoms with E-state index in [1.54, 1.807) is 18.2 Å². The highest BCUT2D eigenvalue weighted by Gasteiger charge is 2.17. The predicted octanol–water partition coefficient (Wildman–Crippen LogP) is 4.18. The number of rotatable bonds is 5. The Hall–Kier alpha value is -3.18. The zero-order valence-corrected chi connectivity index (χ0v) is 15.6. The Balaban J connectivity index is 1.83. The first-order chi connectivity index (χ1) is 13.0. The minimum atomic E-state index is -3.96. The molecule has 0 aliphatic rings. The monoisotopic (exact) mass is 377 g/mol. The van der Waals surface area contributed by atoms with Gasteiger partial charge in [0.1, 0.15) is 0 Å². The minimum Gasteiger partial charge on any atom is -0.269 e. The Morgan fingerprint density at radius 2 is 1.52 bits per heavy atom. The molecule has 3 rings (SSSR count). The van der Waals surface area contributed by atoms with Crippen molar-refractivity contribution in [3.05, 3.63) is 96.1 Å². The van der Waals surface area contributed by atoms with Crippen molar-refractivity contribution in [2.75, 3.05) is 0 Å². The van der Waals surface area contributed by atoms with Gasteiger partial charge >= 0.3 is 0 Å². The van der Waals surface area contributed by atoms with Crippen LogP contribution in [0, 0.1) is 6.92 Å². The first kappa shape index (κ1) is 18.6. The van der Waals surface area contributed by atoms with Gasteiger partial charge in [0.05, 0.1) is 4.90 Å². The molecule has 0 aromatic heterocycles. The van der Waals surface area contributed by atoms with Gasteiger partial charge in [-0.05, 0) is 47.4 Å². The maximum Gasteiger partial charge on any atom is 0.264 e. The van der Waals surface area contributed by atoms with Crippen molar-refractivity contribution < 1.29 is 13.2 Å². The van der Waals surface area contributed by atoms with E-state index in [0.29, 0.717) is 0 Å². The van der Waals surface area contributed by atoms with Crippen molar-refractivity contribution in [3.8, 4) is 11.1 Å². The third-order valence-corrected chi connectivity index (χ3v) is 5.41. The number of amides is 1. The molecule has 5 heteroatoms. The maximum absolute atomic E-state index is 12.6. The number of aryl methyl sites for hydroxylation is 1. The smallest absolute Gasteiger partial charge is 0.264 e. The van der Waals surface area contributed by atoms with E-state index in [1.807, 2.05) is 67.6 Å². The van der Waals surface area contributed by atoms with Gasteiger partial charge in [0.15, 0.2) is 0 Å². The summed E-state index contributed by atoms with van der Waals surface area (Å²) in [5.41, 5.74) is 3.50. The summed E-state index contributed by atoms with van der Waals surface area (Å²) in [6, 6.07) is 23.5. The molecule has 136 valence electrons. The maximum atomic E-state index is 12.6. The summed E-state index contributed by atoms with van der Waals surface area (Å²) in [7, 11) is -3.96. The molecule has 27 heavy (non-hydrogen) atoms. The van der Waals surface area contributed by atoms with Crippen molar-refractivity contribution in [2.24, 2.45) is 0 Å². The lowest BCUT2D eigenvalue weighted by molar-refractivity contribution is -0.114. The standard InChI is InChI=1S/C22H19NO3S/c1-17-12-14-20(16-21(17)19-10-6-3-7-11-19)27(25,26)23-22(24)15-13-18-8-4-2-5-9-18/h2-16H,1H3,(H,23,24)/b15-13+. The van der Waals surface area contributed by atoms with Crippen LogP contribution in [0.2, 0.25) is 0 Å². The quantitative estimate of drug-likeness (QED) is 0.679. The molecule has 0 unspecified atom stereocenters. The zero-order chi connectivity index (χ0) is 19.3. The predicted molar refractivity (Wildman–Crippen MR) is 107 cm³/mol. The molecule has 4 nitrogen and oxygen atoms in total. The molecule has 3 aromatic rings. The Bertz CT molecular complexity index is 1070. The van der Waals surface area contributed by atoms with E-state index in [4.69, 9.17) is 0 Å². The highest BCUT2D eigenvalue weighted by molar-refractivity contribution is 7.90. The van der Waals surface area contributed by atoms with E-state index < -0.39 is 15.9 Å². The molecule has 0 saturated carbocycles. The molecule has 1 N–H and O–H groups in total. The van der Waals surface area contributed by atoms with Crippen molar-refractivity contribution in [1.82, 2.24) is 4.72 Å². The molecule has 0 heterocycles. The number of carbonyl (C=O) groups excluding carboxylic acids is 1. The van der Waals surface area contributed by atoms with Crippen LogP contribution < -0.4 is 4.72 Å². The van der Waals surface area contributed by atoms with Gasteiger partial charge in [-0.1, -0.05) is 66.7 Å². The molecular weight excluding hydrogens is 358 g/mol. The van der Waals surface area contributed by atoms with Crippen LogP contribution in [0.3, 0.4) is 0 Å². The summed E-state index contributed by atoms with van der Waals surface area (Å²) >= 11 is 0. The molecule has 0 aliphatic heterocycles. The summed E-state index contributed by atoms with van der Waals surface area (Å²) in [6.45, 7) is 1.92. The van der Waals surface area contributed by atoms with Crippen molar-refractivity contribution in [1.29, 1.82) is 0 Å². The van der Waals surface area contributed by atoms with E-state index in [0.717, 1.165) is 22.3 Å². The molecule has 0 fully saturated rings. The Labute approximate surface area is 159 Å². The average molecular weight is 377 g/mol. The molecule has 0 bridgehead atoms. The second-order valence-corrected chi connectivity index (χ2v) is 7.74. The normalized spacial score (nSPS) is 11.4. The third kappa shape index (κ3) is 4.71. The van der Waals surface area contributed by atoms with Gasteiger partial charge in [0.2, 0.25) is 0 Å². The molecule has 0 aliphatic carbocycles. The van der Waals surface area contributed by atoms with Crippen LogP contribution in [-0.2, 0) is 14.8 Å². The van der Waals surface area contributed by atoms with Gasteiger partial charge in [-0.3, -0.25) is 4.79 Å². The highest BCUT2D eigenvalue weighted by atomic mass is 32.2. The lowest BCUT2D eigenvalue weighted by Crippen LogP contribution is -2.29. The highest BCUT2D eigenvalue weighted by Crippen LogP contribution is 2.26. The van der Waals surface area contributed by atoms with Crippen LogP contribution in [0.1, 0.15) is 11.1 Å². The van der Waals surface area contributed by atoms with Gasteiger partial charge in [-0.25, -0.2) is 13.1 Å². The first-order valence-electron chi connectivity index (χ1n) is 8.42. The Kier molecular flexibility index (Phi) is 5.52. The lowest BCUT2D eigenvalue weighted by atomic mass is 10.0. The molecule has 0 atom stereocenters. The third-order valence-electron chi connectivity index (χ3n) is 4.07. The molecular formula is C22H19NO3S. The summed E-state index contributed by atoms with van der Waals surface area (Å²) in [5, 5.41) is 0. The van der Waals surface area contributed by atoms with Crippen LogP contribution in [0.4, 0.5) is 0 Å². The van der Waals surface area contributed by atoms with E-state index in [-0.39, 0.29) is 4.90 Å². The van der Waals surface area contributed by atoms with Gasteiger partial charge in [-0.2, -0.15) is 0 Å². The summed E-state index contributed by atoms with van der Waals surface area (Å²) in [4.78, 5) is 12.1. The number of hydrogen-bond acceptors (Lipinski definition) is 3. The van der Waals surface area contributed by atoms with Crippen LogP contribution in [-0.4, -0.2) is 14.3 Å². The fourth-order valence-electron chi connectivity index (χ4n) is 2.66. The molecule has 0 spiro atoms. The minimum absolute atomic E-state index is 0.0495. The van der Waals surface area contributed by atoms with E-state index in [9.17, 15) is 13.2 Å². The zero-order valence-electron chi connectivity index (χ0n) is 14.8. The van der Waals surface area contributed by atoms with Crippen LogP contribution in [0.15, 0.2) is 89.8 Å². The molecule has 0 radical (unpaired) electrons. The SMILES string of the molecule is Cc1ccc(S(=O)(=O)NC(=O)/C=C/c2ccccc2)cc1-c1ccccc1. The number of hydrogen-bond donors (Lipinski definition) is 1. The van der Waals surface area contributed by atoms with Gasteiger partial charge < -0.3 is 0 Å². The average Bonchev–Trinajstić information content (AvgIpc) is 2.68. The molecule has 3 aromatic carbocycles. The first-order valence-corrected chi connectivity index (χ1v) is 9.90. The van der Waals surface area contributed by atoms with E-state index >= 15 is 0 Å². The summed E-state index contributed by atoms with van der Waals surface area (Å²) in [5.74, 6) is -0.694. The second kappa shape index (κ2) is 8.01. The molecule has 1 amide bonds.